The first-order valence-electron chi connectivity index (χ1n) is 8.88. The van der Waals surface area contributed by atoms with Crippen LogP contribution in [0.4, 0.5) is 0 Å². The summed E-state index contributed by atoms with van der Waals surface area (Å²) in [6.45, 7) is 1.34. The van der Waals surface area contributed by atoms with E-state index in [1.54, 1.807) is 7.11 Å². The minimum Gasteiger partial charge on any atom is -0.493 e. The summed E-state index contributed by atoms with van der Waals surface area (Å²) in [6, 6.07) is 6.04. The smallest absolute Gasteiger partial charge is 0.162 e. The molecule has 2 fully saturated rings. The van der Waals surface area contributed by atoms with E-state index in [1.165, 1.54) is 19.3 Å². The molecule has 0 aromatic heterocycles. The van der Waals surface area contributed by atoms with Crippen LogP contribution >= 0.6 is 0 Å². The molecule has 1 spiro atoms. The number of nitrogens with one attached hydrogen (secondary N) is 1. The Kier molecular flexibility index (Phi) is 4.37. The molecule has 24 heavy (non-hydrogen) atoms. The molecule has 130 valence electrons. The molecule has 0 radical (unpaired) electrons. The highest BCUT2D eigenvalue weighted by Crippen LogP contribution is 2.37. The van der Waals surface area contributed by atoms with Gasteiger partial charge in [0.2, 0.25) is 0 Å². The minimum atomic E-state index is -0.320. The van der Waals surface area contributed by atoms with Crippen molar-refractivity contribution in [3.05, 3.63) is 29.8 Å². The van der Waals surface area contributed by atoms with Gasteiger partial charge in [0.25, 0.3) is 0 Å². The SMILES string of the molecule is COc1ccc(C2=CC3(CCOC3)ON2)cc1OC1CCCCC1. The van der Waals surface area contributed by atoms with Crippen molar-refractivity contribution in [3.8, 4) is 11.5 Å². The molecule has 1 saturated carbocycles. The summed E-state index contributed by atoms with van der Waals surface area (Å²) in [7, 11) is 1.68. The van der Waals surface area contributed by atoms with E-state index in [2.05, 4.69) is 11.6 Å². The van der Waals surface area contributed by atoms with Crippen molar-refractivity contribution in [2.45, 2.75) is 50.2 Å². The average Bonchev–Trinajstić information content (AvgIpc) is 3.26. The van der Waals surface area contributed by atoms with Gasteiger partial charge in [-0.1, -0.05) is 6.42 Å². The molecule has 1 saturated heterocycles. The number of hydrogen-bond donors (Lipinski definition) is 1. The summed E-state index contributed by atoms with van der Waals surface area (Å²) in [5, 5.41) is 0. The van der Waals surface area contributed by atoms with Crippen LogP contribution in [0, 0.1) is 0 Å². The van der Waals surface area contributed by atoms with E-state index in [4.69, 9.17) is 19.0 Å². The maximum absolute atomic E-state index is 6.25. The highest BCUT2D eigenvalue weighted by molar-refractivity contribution is 5.68. The number of ether oxygens (including phenoxy) is 3. The standard InChI is InChI=1S/C19H25NO4/c1-21-17-8-7-14(11-18(17)23-15-5-3-2-4-6-15)16-12-19(24-20-16)9-10-22-13-19/h7-8,11-12,15,20H,2-6,9-10,13H2,1H3. The van der Waals surface area contributed by atoms with Crippen molar-refractivity contribution in [3.63, 3.8) is 0 Å². The molecular formula is C19H25NO4. The molecule has 0 bridgehead atoms. The lowest BCUT2D eigenvalue weighted by atomic mass is 9.97. The monoisotopic (exact) mass is 331 g/mol. The van der Waals surface area contributed by atoms with E-state index in [1.807, 2.05) is 18.2 Å². The predicted octanol–water partition coefficient (Wildman–Crippen LogP) is 3.44. The van der Waals surface area contributed by atoms with Gasteiger partial charge in [0.05, 0.1) is 25.5 Å². The largest absolute Gasteiger partial charge is 0.493 e. The summed E-state index contributed by atoms with van der Waals surface area (Å²) in [6.07, 6.45) is 9.35. The fourth-order valence-electron chi connectivity index (χ4n) is 3.68. The van der Waals surface area contributed by atoms with Crippen molar-refractivity contribution in [1.82, 2.24) is 5.48 Å². The van der Waals surface area contributed by atoms with Gasteiger partial charge in [-0.3, -0.25) is 10.3 Å². The van der Waals surface area contributed by atoms with Crippen LogP contribution < -0.4 is 15.0 Å². The summed E-state index contributed by atoms with van der Waals surface area (Å²) in [5.74, 6) is 1.59. The zero-order chi connectivity index (χ0) is 16.4. The lowest BCUT2D eigenvalue weighted by molar-refractivity contribution is -0.0373. The maximum Gasteiger partial charge on any atom is 0.162 e. The van der Waals surface area contributed by atoms with Crippen LogP contribution in [0.1, 0.15) is 44.1 Å². The second kappa shape index (κ2) is 6.65. The quantitative estimate of drug-likeness (QED) is 0.916. The molecule has 5 heteroatoms. The summed E-state index contributed by atoms with van der Waals surface area (Å²) < 4.78 is 17.2. The lowest BCUT2D eigenvalue weighted by Crippen LogP contribution is -2.29. The Morgan fingerprint density at radius 1 is 1.17 bits per heavy atom. The molecule has 1 N–H and O–H groups in total. The Balaban J connectivity index is 1.57. The van der Waals surface area contributed by atoms with Gasteiger partial charge in [-0.15, -0.1) is 0 Å². The van der Waals surface area contributed by atoms with Crippen LogP contribution in [-0.2, 0) is 9.57 Å². The molecule has 1 aromatic rings. The van der Waals surface area contributed by atoms with E-state index in [-0.39, 0.29) is 5.60 Å². The summed E-state index contributed by atoms with van der Waals surface area (Å²) in [4.78, 5) is 5.78. The Morgan fingerprint density at radius 2 is 2.04 bits per heavy atom. The van der Waals surface area contributed by atoms with Gasteiger partial charge in [-0.25, -0.2) is 0 Å². The first kappa shape index (κ1) is 15.8. The lowest BCUT2D eigenvalue weighted by Gasteiger charge is -2.24. The van der Waals surface area contributed by atoms with Gasteiger partial charge in [0.1, 0.15) is 5.60 Å². The van der Waals surface area contributed by atoms with Crippen molar-refractivity contribution in [2.24, 2.45) is 0 Å². The maximum atomic E-state index is 6.25. The summed E-state index contributed by atoms with van der Waals surface area (Å²) in [5.41, 5.74) is 4.75. The van der Waals surface area contributed by atoms with E-state index in [9.17, 15) is 0 Å². The van der Waals surface area contributed by atoms with Crippen molar-refractivity contribution >= 4 is 5.70 Å². The zero-order valence-electron chi connectivity index (χ0n) is 14.2. The highest BCUT2D eigenvalue weighted by Gasteiger charge is 2.39. The van der Waals surface area contributed by atoms with Crippen molar-refractivity contribution in [2.75, 3.05) is 20.3 Å². The number of rotatable bonds is 4. The molecule has 1 aliphatic carbocycles. The molecule has 2 aliphatic heterocycles. The van der Waals surface area contributed by atoms with E-state index in [0.717, 1.165) is 48.6 Å². The molecular weight excluding hydrogens is 306 g/mol. The van der Waals surface area contributed by atoms with Crippen LogP contribution in [0.2, 0.25) is 0 Å². The van der Waals surface area contributed by atoms with Gasteiger partial charge < -0.3 is 14.2 Å². The first-order chi connectivity index (χ1) is 11.8. The third-order valence-electron chi connectivity index (χ3n) is 5.11. The number of hydroxylamine groups is 1. The molecule has 1 unspecified atom stereocenters. The molecule has 1 aromatic carbocycles. The second-order valence-corrected chi connectivity index (χ2v) is 6.87. The highest BCUT2D eigenvalue weighted by atomic mass is 16.7. The van der Waals surface area contributed by atoms with E-state index in [0.29, 0.717) is 12.7 Å². The fourth-order valence-corrected chi connectivity index (χ4v) is 3.68. The first-order valence-corrected chi connectivity index (χ1v) is 8.88. The van der Waals surface area contributed by atoms with Gasteiger partial charge in [0.15, 0.2) is 11.5 Å². The number of methoxy groups -OCH3 is 1. The van der Waals surface area contributed by atoms with Crippen LogP contribution in [0.3, 0.4) is 0 Å². The third-order valence-corrected chi connectivity index (χ3v) is 5.11. The van der Waals surface area contributed by atoms with Gasteiger partial charge in [0, 0.05) is 18.6 Å². The minimum absolute atomic E-state index is 0.291. The zero-order valence-corrected chi connectivity index (χ0v) is 14.2. The van der Waals surface area contributed by atoms with Crippen LogP contribution in [0.5, 0.6) is 11.5 Å². The van der Waals surface area contributed by atoms with Gasteiger partial charge in [-0.2, -0.15) is 0 Å². The van der Waals surface area contributed by atoms with Crippen LogP contribution in [0.15, 0.2) is 24.3 Å². The average molecular weight is 331 g/mol. The second-order valence-electron chi connectivity index (χ2n) is 6.87. The molecule has 5 nitrogen and oxygen atoms in total. The molecule has 3 aliphatic rings. The predicted molar refractivity (Wildman–Crippen MR) is 90.9 cm³/mol. The summed E-state index contributed by atoms with van der Waals surface area (Å²) >= 11 is 0. The number of hydrogen-bond acceptors (Lipinski definition) is 5. The molecule has 1 atom stereocenters. The van der Waals surface area contributed by atoms with Crippen molar-refractivity contribution < 1.29 is 19.0 Å². The van der Waals surface area contributed by atoms with Gasteiger partial charge in [-0.05, 0) is 50.0 Å². The Labute approximate surface area is 142 Å². The molecule has 0 amide bonds. The van der Waals surface area contributed by atoms with E-state index < -0.39 is 0 Å². The van der Waals surface area contributed by atoms with Gasteiger partial charge >= 0.3 is 0 Å². The van der Waals surface area contributed by atoms with Crippen LogP contribution in [0.25, 0.3) is 5.70 Å². The Hall–Kier alpha value is -1.72. The van der Waals surface area contributed by atoms with Crippen LogP contribution in [-0.4, -0.2) is 32.0 Å². The fraction of sp³-hybridized carbons (Fsp3) is 0.579. The van der Waals surface area contributed by atoms with Crippen molar-refractivity contribution in [1.29, 1.82) is 0 Å². The Bertz CT molecular complexity index is 616. The topological polar surface area (TPSA) is 49.0 Å². The molecule has 2 heterocycles. The third kappa shape index (κ3) is 3.10. The normalized spacial score (nSPS) is 27.1. The van der Waals surface area contributed by atoms with E-state index >= 15 is 0 Å². The Morgan fingerprint density at radius 3 is 2.79 bits per heavy atom. The molecule has 4 rings (SSSR count). The number of benzene rings is 1.